The first-order valence-electron chi connectivity index (χ1n) is 5.75. The van der Waals surface area contributed by atoms with Gasteiger partial charge in [0.2, 0.25) is 0 Å². The van der Waals surface area contributed by atoms with Gasteiger partial charge in [0, 0.05) is 31.5 Å². The zero-order valence-electron chi connectivity index (χ0n) is 11.1. The predicted octanol–water partition coefficient (Wildman–Crippen LogP) is 1.70. The van der Waals surface area contributed by atoms with Crippen LogP contribution in [-0.2, 0) is 13.6 Å². The van der Waals surface area contributed by atoms with Crippen LogP contribution in [0.2, 0.25) is 0 Å². The summed E-state index contributed by atoms with van der Waals surface area (Å²) < 4.78 is 1.88. The predicted molar refractivity (Wildman–Crippen MR) is 71.6 cm³/mol. The van der Waals surface area contributed by atoms with Crippen LogP contribution < -0.4 is 5.32 Å². The second kappa shape index (κ2) is 5.49. The Labute approximate surface area is 111 Å². The molecule has 0 saturated carbocycles. The average molecular weight is 263 g/mol. The summed E-state index contributed by atoms with van der Waals surface area (Å²) in [5.74, 6) is 0. The molecule has 0 aromatic carbocycles. The van der Waals surface area contributed by atoms with Crippen LogP contribution in [0.5, 0.6) is 0 Å². The molecule has 0 atom stereocenters. The monoisotopic (exact) mass is 263 g/mol. The summed E-state index contributed by atoms with van der Waals surface area (Å²) in [6, 6.07) is 0. The van der Waals surface area contributed by atoms with Gasteiger partial charge in [-0.15, -0.1) is 0 Å². The van der Waals surface area contributed by atoms with Crippen molar-refractivity contribution < 1.29 is 0 Å². The highest BCUT2D eigenvalue weighted by molar-refractivity contribution is 7.99. The Morgan fingerprint density at radius 2 is 1.94 bits per heavy atom. The van der Waals surface area contributed by atoms with Gasteiger partial charge >= 0.3 is 0 Å². The molecule has 0 radical (unpaired) electrons. The van der Waals surface area contributed by atoms with Gasteiger partial charge < -0.3 is 5.32 Å². The molecule has 0 bridgehead atoms. The quantitative estimate of drug-likeness (QED) is 0.851. The highest BCUT2D eigenvalue weighted by Gasteiger charge is 2.14. The van der Waals surface area contributed by atoms with Gasteiger partial charge in [-0.1, -0.05) is 0 Å². The fraction of sp³-hybridized carbons (Fsp3) is 0.417. The van der Waals surface area contributed by atoms with E-state index in [1.807, 2.05) is 45.0 Å². The molecule has 0 fully saturated rings. The molecule has 18 heavy (non-hydrogen) atoms. The van der Waals surface area contributed by atoms with Crippen molar-refractivity contribution in [3.63, 3.8) is 0 Å². The molecule has 2 heterocycles. The fourth-order valence-corrected chi connectivity index (χ4v) is 2.61. The first-order valence-corrected chi connectivity index (χ1v) is 6.57. The minimum Gasteiger partial charge on any atom is -0.316 e. The smallest absolute Gasteiger partial charge is 0.193 e. The third-order valence-electron chi connectivity index (χ3n) is 2.59. The molecule has 96 valence electrons. The summed E-state index contributed by atoms with van der Waals surface area (Å²) >= 11 is 1.55. The molecule has 1 N–H and O–H groups in total. The van der Waals surface area contributed by atoms with Crippen LogP contribution in [0.1, 0.15) is 16.8 Å². The summed E-state index contributed by atoms with van der Waals surface area (Å²) in [6.45, 7) is 4.80. The Bertz CT molecular complexity index is 532. The maximum absolute atomic E-state index is 4.44. The zero-order valence-corrected chi connectivity index (χ0v) is 11.9. The zero-order chi connectivity index (χ0) is 13.1. The fourth-order valence-electron chi connectivity index (χ4n) is 1.71. The molecule has 0 aliphatic rings. The standard InChI is InChI=1S/C12H17N5S/c1-8-5-14-12(15-6-8)18-11-10(7-13-3)9(2)16-17(11)4/h5-6,13H,7H2,1-4H3. The van der Waals surface area contributed by atoms with Crippen LogP contribution in [0.15, 0.2) is 22.6 Å². The highest BCUT2D eigenvalue weighted by atomic mass is 32.2. The van der Waals surface area contributed by atoms with E-state index >= 15 is 0 Å². The number of aryl methyl sites for hydroxylation is 3. The van der Waals surface area contributed by atoms with Crippen LogP contribution in [0.4, 0.5) is 0 Å². The molecule has 0 amide bonds. The van der Waals surface area contributed by atoms with Gasteiger partial charge in [0.1, 0.15) is 5.03 Å². The van der Waals surface area contributed by atoms with E-state index in [0.29, 0.717) is 0 Å². The second-order valence-electron chi connectivity index (χ2n) is 4.17. The van der Waals surface area contributed by atoms with E-state index in [-0.39, 0.29) is 0 Å². The summed E-state index contributed by atoms with van der Waals surface area (Å²) in [5.41, 5.74) is 3.31. The van der Waals surface area contributed by atoms with Gasteiger partial charge in [0.15, 0.2) is 5.16 Å². The lowest BCUT2D eigenvalue weighted by molar-refractivity contribution is 0.682. The van der Waals surface area contributed by atoms with E-state index < -0.39 is 0 Å². The summed E-state index contributed by atoms with van der Waals surface area (Å²) in [5, 5.41) is 9.45. The van der Waals surface area contributed by atoms with Crippen molar-refractivity contribution in [1.82, 2.24) is 25.1 Å². The molecule has 0 aliphatic carbocycles. The topological polar surface area (TPSA) is 55.6 Å². The van der Waals surface area contributed by atoms with Crippen LogP contribution in [0.3, 0.4) is 0 Å². The van der Waals surface area contributed by atoms with Crippen molar-refractivity contribution in [3.05, 3.63) is 29.2 Å². The number of nitrogens with zero attached hydrogens (tertiary/aromatic N) is 4. The largest absolute Gasteiger partial charge is 0.316 e. The molecule has 0 saturated heterocycles. The molecule has 5 nitrogen and oxygen atoms in total. The average Bonchev–Trinajstić information content (AvgIpc) is 2.59. The number of rotatable bonds is 4. The van der Waals surface area contributed by atoms with Crippen LogP contribution >= 0.6 is 11.8 Å². The first kappa shape index (κ1) is 13.0. The van der Waals surface area contributed by atoms with Crippen LogP contribution in [0, 0.1) is 13.8 Å². The Morgan fingerprint density at radius 3 is 2.56 bits per heavy atom. The van der Waals surface area contributed by atoms with E-state index in [9.17, 15) is 0 Å². The normalized spacial score (nSPS) is 10.9. The van der Waals surface area contributed by atoms with E-state index in [4.69, 9.17) is 0 Å². The molecule has 2 rings (SSSR count). The lowest BCUT2D eigenvalue weighted by atomic mass is 10.3. The Kier molecular flexibility index (Phi) is 3.98. The van der Waals surface area contributed by atoms with Crippen LogP contribution in [-0.4, -0.2) is 26.8 Å². The van der Waals surface area contributed by atoms with E-state index in [0.717, 1.165) is 28.0 Å². The van der Waals surface area contributed by atoms with Crippen molar-refractivity contribution in [2.24, 2.45) is 7.05 Å². The van der Waals surface area contributed by atoms with Crippen molar-refractivity contribution in [3.8, 4) is 0 Å². The van der Waals surface area contributed by atoms with E-state index in [1.54, 1.807) is 11.8 Å². The van der Waals surface area contributed by atoms with Crippen molar-refractivity contribution >= 4 is 11.8 Å². The van der Waals surface area contributed by atoms with Crippen molar-refractivity contribution in [1.29, 1.82) is 0 Å². The SMILES string of the molecule is CNCc1c(C)nn(C)c1Sc1ncc(C)cn1. The lowest BCUT2D eigenvalue weighted by Crippen LogP contribution is -2.07. The van der Waals surface area contributed by atoms with E-state index in [2.05, 4.69) is 20.4 Å². The van der Waals surface area contributed by atoms with Crippen molar-refractivity contribution in [2.75, 3.05) is 7.05 Å². The Balaban J connectivity index is 2.30. The van der Waals surface area contributed by atoms with Gasteiger partial charge in [0.25, 0.3) is 0 Å². The maximum Gasteiger partial charge on any atom is 0.193 e. The summed E-state index contributed by atoms with van der Waals surface area (Å²) in [7, 11) is 3.88. The molecule has 0 spiro atoms. The van der Waals surface area contributed by atoms with Crippen LogP contribution in [0.25, 0.3) is 0 Å². The number of hydrogen-bond acceptors (Lipinski definition) is 5. The molecule has 2 aromatic heterocycles. The third-order valence-corrected chi connectivity index (χ3v) is 3.68. The van der Waals surface area contributed by atoms with E-state index in [1.165, 1.54) is 5.56 Å². The molecule has 6 heteroatoms. The van der Waals surface area contributed by atoms with Gasteiger partial charge in [-0.05, 0) is 38.2 Å². The van der Waals surface area contributed by atoms with Gasteiger partial charge in [-0.25, -0.2) is 9.97 Å². The second-order valence-corrected chi connectivity index (χ2v) is 5.12. The number of aromatic nitrogens is 4. The van der Waals surface area contributed by atoms with Gasteiger partial charge in [0.05, 0.1) is 5.69 Å². The molecular weight excluding hydrogens is 246 g/mol. The third kappa shape index (κ3) is 2.70. The highest BCUT2D eigenvalue weighted by Crippen LogP contribution is 2.29. The van der Waals surface area contributed by atoms with Gasteiger partial charge in [-0.3, -0.25) is 4.68 Å². The number of nitrogens with one attached hydrogen (secondary N) is 1. The van der Waals surface area contributed by atoms with Gasteiger partial charge in [-0.2, -0.15) is 5.10 Å². The van der Waals surface area contributed by atoms with Crippen molar-refractivity contribution in [2.45, 2.75) is 30.6 Å². The lowest BCUT2D eigenvalue weighted by Gasteiger charge is -2.05. The minimum atomic E-state index is 0.751. The Morgan fingerprint density at radius 1 is 1.28 bits per heavy atom. The summed E-state index contributed by atoms with van der Waals surface area (Å²) in [4.78, 5) is 8.63. The molecule has 0 unspecified atom stereocenters. The molecule has 0 aliphatic heterocycles. The first-order chi connectivity index (χ1) is 8.61. The molecule has 2 aromatic rings. The maximum atomic E-state index is 4.44. The summed E-state index contributed by atoms with van der Waals surface area (Å²) in [6.07, 6.45) is 3.66. The Hall–Kier alpha value is -1.40. The minimum absolute atomic E-state index is 0.751. The molecular formula is C12H17N5S. The number of hydrogen-bond donors (Lipinski definition) is 1.